The van der Waals surface area contributed by atoms with Crippen molar-refractivity contribution in [3.8, 4) is 0 Å². The van der Waals surface area contributed by atoms with Crippen molar-refractivity contribution in [1.82, 2.24) is 0 Å². The quantitative estimate of drug-likeness (QED) is 0.713. The standard InChI is InChI=1S/C10H19NO.ClH/c11-8-9-4-7-10(12-9)5-2-1-3-6-10;/h9H,1-8,11H2;1H. The van der Waals surface area contributed by atoms with Crippen molar-refractivity contribution in [3.05, 3.63) is 0 Å². The summed E-state index contributed by atoms with van der Waals surface area (Å²) < 4.78 is 6.01. The molecule has 2 rings (SSSR count). The maximum absolute atomic E-state index is 6.01. The van der Waals surface area contributed by atoms with Gasteiger partial charge in [0.05, 0.1) is 11.7 Å². The van der Waals surface area contributed by atoms with Crippen LogP contribution in [0.3, 0.4) is 0 Å². The smallest absolute Gasteiger partial charge is 0.0705 e. The van der Waals surface area contributed by atoms with Gasteiger partial charge in [0, 0.05) is 6.54 Å². The first kappa shape index (κ1) is 11.3. The van der Waals surface area contributed by atoms with Crippen LogP contribution in [-0.2, 0) is 4.74 Å². The Kier molecular flexibility index (Phi) is 4.02. The van der Waals surface area contributed by atoms with Crippen LogP contribution in [0.15, 0.2) is 0 Å². The highest BCUT2D eigenvalue weighted by Crippen LogP contribution is 2.41. The highest BCUT2D eigenvalue weighted by Gasteiger charge is 2.39. The molecule has 2 N–H and O–H groups in total. The second kappa shape index (κ2) is 4.63. The first-order valence-electron chi connectivity index (χ1n) is 5.23. The van der Waals surface area contributed by atoms with Gasteiger partial charge in [-0.2, -0.15) is 0 Å². The van der Waals surface area contributed by atoms with E-state index in [9.17, 15) is 0 Å². The highest BCUT2D eigenvalue weighted by atomic mass is 35.5. The molecular formula is C10H20ClNO. The van der Waals surface area contributed by atoms with Crippen LogP contribution in [0.5, 0.6) is 0 Å². The molecule has 1 spiro atoms. The predicted octanol–water partition coefficient (Wildman–Crippen LogP) is 2.25. The van der Waals surface area contributed by atoms with Gasteiger partial charge in [-0.15, -0.1) is 12.4 Å². The van der Waals surface area contributed by atoms with E-state index in [1.807, 2.05) is 0 Å². The average Bonchev–Trinajstić information content (AvgIpc) is 2.50. The minimum atomic E-state index is 0. The molecule has 1 aliphatic carbocycles. The van der Waals surface area contributed by atoms with E-state index in [0.29, 0.717) is 12.6 Å². The monoisotopic (exact) mass is 205 g/mol. The third-order valence-electron chi connectivity index (χ3n) is 3.37. The van der Waals surface area contributed by atoms with Crippen molar-refractivity contribution in [1.29, 1.82) is 0 Å². The van der Waals surface area contributed by atoms with Gasteiger partial charge in [-0.1, -0.05) is 19.3 Å². The summed E-state index contributed by atoms with van der Waals surface area (Å²) >= 11 is 0. The lowest BCUT2D eigenvalue weighted by molar-refractivity contribution is -0.0600. The number of ether oxygens (including phenoxy) is 1. The Morgan fingerprint density at radius 3 is 2.38 bits per heavy atom. The van der Waals surface area contributed by atoms with Gasteiger partial charge in [0.2, 0.25) is 0 Å². The number of hydrogen-bond acceptors (Lipinski definition) is 2. The summed E-state index contributed by atoms with van der Waals surface area (Å²) in [6, 6.07) is 0. The molecule has 1 atom stereocenters. The molecule has 0 amide bonds. The molecule has 13 heavy (non-hydrogen) atoms. The maximum atomic E-state index is 6.01. The molecule has 0 aromatic carbocycles. The fourth-order valence-corrected chi connectivity index (χ4v) is 2.63. The molecule has 0 aromatic rings. The summed E-state index contributed by atoms with van der Waals surface area (Å²) in [6.45, 7) is 0.710. The summed E-state index contributed by atoms with van der Waals surface area (Å²) in [7, 11) is 0. The van der Waals surface area contributed by atoms with Crippen LogP contribution in [0.25, 0.3) is 0 Å². The number of rotatable bonds is 1. The largest absolute Gasteiger partial charge is 0.370 e. The van der Waals surface area contributed by atoms with E-state index in [2.05, 4.69) is 0 Å². The van der Waals surface area contributed by atoms with Gasteiger partial charge in [-0.05, 0) is 25.7 Å². The lowest BCUT2D eigenvalue weighted by atomic mass is 9.83. The van der Waals surface area contributed by atoms with Crippen LogP contribution >= 0.6 is 12.4 Å². The Morgan fingerprint density at radius 2 is 1.85 bits per heavy atom. The van der Waals surface area contributed by atoms with Crippen molar-refractivity contribution in [2.24, 2.45) is 5.73 Å². The zero-order valence-corrected chi connectivity index (χ0v) is 8.94. The molecule has 1 saturated carbocycles. The van der Waals surface area contributed by atoms with Gasteiger partial charge in [0.25, 0.3) is 0 Å². The number of halogens is 1. The lowest BCUT2D eigenvalue weighted by Gasteiger charge is -2.33. The van der Waals surface area contributed by atoms with Gasteiger partial charge < -0.3 is 10.5 Å². The van der Waals surface area contributed by atoms with E-state index < -0.39 is 0 Å². The summed E-state index contributed by atoms with van der Waals surface area (Å²) in [5.41, 5.74) is 5.86. The second-order valence-electron chi connectivity index (χ2n) is 4.26. The van der Waals surface area contributed by atoms with E-state index in [1.165, 1.54) is 44.9 Å². The molecule has 2 aliphatic rings. The topological polar surface area (TPSA) is 35.2 Å². The molecule has 2 nitrogen and oxygen atoms in total. The normalized spacial score (nSPS) is 31.6. The zero-order chi connectivity index (χ0) is 8.44. The van der Waals surface area contributed by atoms with Crippen LogP contribution in [-0.4, -0.2) is 18.2 Å². The lowest BCUT2D eigenvalue weighted by Crippen LogP contribution is -2.33. The van der Waals surface area contributed by atoms with E-state index in [-0.39, 0.29) is 18.0 Å². The van der Waals surface area contributed by atoms with Crippen molar-refractivity contribution >= 4 is 12.4 Å². The molecule has 0 aromatic heterocycles. The van der Waals surface area contributed by atoms with E-state index in [1.54, 1.807) is 0 Å². The molecule has 1 unspecified atom stereocenters. The van der Waals surface area contributed by atoms with Crippen LogP contribution in [0.4, 0.5) is 0 Å². The fraction of sp³-hybridized carbons (Fsp3) is 1.00. The third kappa shape index (κ3) is 2.36. The Bertz CT molecular complexity index is 157. The molecule has 2 fully saturated rings. The first-order chi connectivity index (χ1) is 5.85. The summed E-state index contributed by atoms with van der Waals surface area (Å²) in [6.07, 6.45) is 9.49. The number of hydrogen-bond donors (Lipinski definition) is 1. The van der Waals surface area contributed by atoms with E-state index in [0.717, 1.165) is 0 Å². The fourth-order valence-electron chi connectivity index (χ4n) is 2.63. The molecule has 1 aliphatic heterocycles. The molecule has 0 bridgehead atoms. The molecular weight excluding hydrogens is 186 g/mol. The van der Waals surface area contributed by atoms with Crippen LogP contribution in [0.1, 0.15) is 44.9 Å². The molecule has 1 saturated heterocycles. The second-order valence-corrected chi connectivity index (χ2v) is 4.26. The van der Waals surface area contributed by atoms with E-state index >= 15 is 0 Å². The first-order valence-corrected chi connectivity index (χ1v) is 5.23. The summed E-state index contributed by atoms with van der Waals surface area (Å²) in [4.78, 5) is 0. The van der Waals surface area contributed by atoms with Gasteiger partial charge in [-0.3, -0.25) is 0 Å². The Balaban J connectivity index is 0.000000845. The molecule has 0 radical (unpaired) electrons. The minimum Gasteiger partial charge on any atom is -0.370 e. The minimum absolute atomic E-state index is 0. The molecule has 3 heteroatoms. The molecule has 78 valence electrons. The van der Waals surface area contributed by atoms with Gasteiger partial charge in [-0.25, -0.2) is 0 Å². The van der Waals surface area contributed by atoms with E-state index in [4.69, 9.17) is 10.5 Å². The van der Waals surface area contributed by atoms with Crippen LogP contribution in [0, 0.1) is 0 Å². The third-order valence-corrected chi connectivity index (χ3v) is 3.37. The van der Waals surface area contributed by atoms with Crippen molar-refractivity contribution < 1.29 is 4.74 Å². The summed E-state index contributed by atoms with van der Waals surface area (Å²) in [5.74, 6) is 0. The maximum Gasteiger partial charge on any atom is 0.0705 e. The Labute approximate surface area is 86.6 Å². The van der Waals surface area contributed by atoms with Crippen molar-refractivity contribution in [3.63, 3.8) is 0 Å². The summed E-state index contributed by atoms with van der Waals surface area (Å²) in [5, 5.41) is 0. The van der Waals surface area contributed by atoms with Gasteiger partial charge >= 0.3 is 0 Å². The zero-order valence-electron chi connectivity index (χ0n) is 8.13. The highest BCUT2D eigenvalue weighted by molar-refractivity contribution is 5.85. The van der Waals surface area contributed by atoms with Crippen LogP contribution in [0.2, 0.25) is 0 Å². The average molecular weight is 206 g/mol. The van der Waals surface area contributed by atoms with Gasteiger partial charge in [0.15, 0.2) is 0 Å². The Hall–Kier alpha value is 0.210. The predicted molar refractivity (Wildman–Crippen MR) is 56.2 cm³/mol. The Morgan fingerprint density at radius 1 is 1.15 bits per heavy atom. The molecule has 1 heterocycles. The van der Waals surface area contributed by atoms with Crippen LogP contribution < -0.4 is 5.73 Å². The van der Waals surface area contributed by atoms with Crippen molar-refractivity contribution in [2.45, 2.75) is 56.7 Å². The number of nitrogens with two attached hydrogens (primary N) is 1. The van der Waals surface area contributed by atoms with Crippen molar-refractivity contribution in [2.75, 3.05) is 6.54 Å². The van der Waals surface area contributed by atoms with Gasteiger partial charge in [0.1, 0.15) is 0 Å². The SMILES string of the molecule is Cl.NCC1CCC2(CCCCC2)O1.